The largest absolute Gasteiger partial charge is 0.494 e. The topological polar surface area (TPSA) is 81.5 Å². The van der Waals surface area contributed by atoms with Gasteiger partial charge >= 0.3 is 0 Å². The first-order valence-corrected chi connectivity index (χ1v) is 5.41. The second-order valence-electron chi connectivity index (χ2n) is 3.74. The number of hydrogen-bond donors (Lipinski definition) is 3. The molecule has 0 amide bonds. The molecule has 0 fully saturated rings. The summed E-state index contributed by atoms with van der Waals surface area (Å²) in [4.78, 5) is 0. The summed E-state index contributed by atoms with van der Waals surface area (Å²) in [5.41, 5.74) is 11.3. The molecule has 5 N–H and O–H groups in total. The molecule has 1 rings (SSSR count). The Morgan fingerprint density at radius 3 is 2.19 bits per heavy atom. The first-order valence-electron chi connectivity index (χ1n) is 5.41. The lowest BCUT2D eigenvalue weighted by Gasteiger charge is -2.04. The molecule has 0 aliphatic rings. The van der Waals surface area contributed by atoms with E-state index in [1.54, 1.807) is 12.1 Å². The number of nitrogen functional groups attached to an aromatic ring is 1. The number of benzene rings is 1. The van der Waals surface area contributed by atoms with E-state index in [4.69, 9.17) is 21.3 Å². The maximum atomic E-state index is 8.49. The first kappa shape index (κ1) is 14.7. The summed E-state index contributed by atoms with van der Waals surface area (Å²) in [6, 6.07) is 7.53. The quantitative estimate of drug-likeness (QED) is 0.535. The molecule has 4 heteroatoms. The van der Waals surface area contributed by atoms with Crippen molar-refractivity contribution >= 4 is 5.69 Å². The summed E-state index contributed by atoms with van der Waals surface area (Å²) in [7, 11) is 0. The lowest BCUT2D eigenvalue weighted by atomic mass is 10.3. The molecule has 1 aromatic carbocycles. The predicted octanol–water partition coefficient (Wildman–Crippen LogP) is 1.38. The molecule has 0 heterocycles. The molecule has 0 unspecified atom stereocenters. The van der Waals surface area contributed by atoms with E-state index in [-0.39, 0.29) is 6.61 Å². The third kappa shape index (κ3) is 9.30. The minimum Gasteiger partial charge on any atom is -0.494 e. The molecular weight excluding hydrogens is 204 g/mol. The molecule has 0 saturated carbocycles. The van der Waals surface area contributed by atoms with Gasteiger partial charge in [0.2, 0.25) is 0 Å². The maximum absolute atomic E-state index is 8.49. The molecule has 0 aliphatic carbocycles. The third-order valence-electron chi connectivity index (χ3n) is 1.45. The number of ether oxygens (including phenoxy) is 1. The first-order chi connectivity index (χ1) is 7.56. The van der Waals surface area contributed by atoms with Crippen molar-refractivity contribution in [2.24, 2.45) is 5.73 Å². The van der Waals surface area contributed by atoms with Gasteiger partial charge in [0.15, 0.2) is 0 Å². The molecule has 0 radical (unpaired) electrons. The summed E-state index contributed by atoms with van der Waals surface area (Å²) in [6.07, 6.45) is 0.657. The number of aliphatic hydroxyl groups excluding tert-OH is 1. The molecule has 0 atom stereocenters. The Balaban J connectivity index is 0.000000487. The maximum Gasteiger partial charge on any atom is 0.119 e. The fourth-order valence-electron chi connectivity index (χ4n) is 0.819. The Labute approximate surface area is 97.2 Å². The average Bonchev–Trinajstić information content (AvgIpc) is 2.20. The number of rotatable bonds is 4. The lowest BCUT2D eigenvalue weighted by molar-refractivity contribution is 0.233. The van der Waals surface area contributed by atoms with Crippen LogP contribution in [0.25, 0.3) is 0 Å². The summed E-state index contributed by atoms with van der Waals surface area (Å²) < 4.78 is 5.29. The number of hydrogen-bond acceptors (Lipinski definition) is 4. The van der Waals surface area contributed by atoms with Crippen LogP contribution in [0.1, 0.15) is 20.3 Å². The van der Waals surface area contributed by atoms with Crippen molar-refractivity contribution in [3.8, 4) is 5.75 Å². The zero-order chi connectivity index (χ0) is 12.4. The highest BCUT2D eigenvalue weighted by Crippen LogP contribution is 2.12. The zero-order valence-electron chi connectivity index (χ0n) is 10.0. The minimum absolute atomic E-state index is 0.162. The fourth-order valence-corrected chi connectivity index (χ4v) is 0.819. The molecule has 0 aliphatic heterocycles. The normalized spacial score (nSPS) is 9.56. The Bertz CT molecular complexity index is 257. The van der Waals surface area contributed by atoms with Crippen molar-refractivity contribution in [3.63, 3.8) is 0 Å². The van der Waals surface area contributed by atoms with Gasteiger partial charge in [0.25, 0.3) is 0 Å². The summed E-state index contributed by atoms with van der Waals surface area (Å²) >= 11 is 0. The SMILES string of the molecule is CC(C)N.Nc1ccc(OCCCO)cc1. The molecule has 16 heavy (non-hydrogen) atoms. The summed E-state index contributed by atoms with van der Waals surface area (Å²) in [5.74, 6) is 0.789. The average molecular weight is 226 g/mol. The van der Waals surface area contributed by atoms with Gasteiger partial charge in [-0.15, -0.1) is 0 Å². The molecular formula is C12H22N2O2. The number of nitrogens with two attached hydrogens (primary N) is 2. The molecule has 0 bridgehead atoms. The van der Waals surface area contributed by atoms with Crippen LogP contribution < -0.4 is 16.2 Å². The van der Waals surface area contributed by atoms with Crippen molar-refractivity contribution in [2.45, 2.75) is 26.3 Å². The van der Waals surface area contributed by atoms with Crippen molar-refractivity contribution in [1.82, 2.24) is 0 Å². The van der Waals surface area contributed by atoms with Crippen LogP contribution in [0.3, 0.4) is 0 Å². The third-order valence-corrected chi connectivity index (χ3v) is 1.45. The van der Waals surface area contributed by atoms with E-state index in [0.717, 1.165) is 11.4 Å². The molecule has 1 aromatic rings. The zero-order valence-corrected chi connectivity index (χ0v) is 10.0. The van der Waals surface area contributed by atoms with E-state index < -0.39 is 0 Å². The van der Waals surface area contributed by atoms with Gasteiger partial charge in [-0.3, -0.25) is 0 Å². The van der Waals surface area contributed by atoms with Crippen LogP contribution in [0.15, 0.2) is 24.3 Å². The molecule has 0 aromatic heterocycles. The number of anilines is 1. The van der Waals surface area contributed by atoms with Crippen LogP contribution in [0.5, 0.6) is 5.75 Å². The fraction of sp³-hybridized carbons (Fsp3) is 0.500. The predicted molar refractivity (Wildman–Crippen MR) is 67.4 cm³/mol. The molecule has 0 spiro atoms. The Hall–Kier alpha value is -1.26. The van der Waals surface area contributed by atoms with Gasteiger partial charge in [-0.2, -0.15) is 0 Å². The second-order valence-corrected chi connectivity index (χ2v) is 3.74. The van der Waals surface area contributed by atoms with E-state index in [2.05, 4.69) is 0 Å². The Morgan fingerprint density at radius 2 is 1.75 bits per heavy atom. The summed E-state index contributed by atoms with van der Waals surface area (Å²) in [5, 5.41) is 8.49. The van der Waals surface area contributed by atoms with Crippen LogP contribution in [-0.4, -0.2) is 24.4 Å². The van der Waals surface area contributed by atoms with Crippen molar-refractivity contribution in [1.29, 1.82) is 0 Å². The van der Waals surface area contributed by atoms with Crippen LogP contribution in [0, 0.1) is 0 Å². The Morgan fingerprint density at radius 1 is 1.25 bits per heavy atom. The summed E-state index contributed by atoms with van der Waals surface area (Å²) in [6.45, 7) is 4.59. The minimum atomic E-state index is 0.162. The van der Waals surface area contributed by atoms with Gasteiger partial charge in [-0.1, -0.05) is 13.8 Å². The van der Waals surface area contributed by atoms with Crippen LogP contribution in [0.2, 0.25) is 0 Å². The monoisotopic (exact) mass is 226 g/mol. The van der Waals surface area contributed by atoms with E-state index >= 15 is 0 Å². The van der Waals surface area contributed by atoms with E-state index in [1.165, 1.54) is 0 Å². The van der Waals surface area contributed by atoms with Crippen LogP contribution in [-0.2, 0) is 0 Å². The highest BCUT2D eigenvalue weighted by atomic mass is 16.5. The highest BCUT2D eigenvalue weighted by Gasteiger charge is 1.91. The smallest absolute Gasteiger partial charge is 0.119 e. The van der Waals surface area contributed by atoms with Gasteiger partial charge in [-0.25, -0.2) is 0 Å². The van der Waals surface area contributed by atoms with Crippen molar-refractivity contribution < 1.29 is 9.84 Å². The highest BCUT2D eigenvalue weighted by molar-refractivity contribution is 5.41. The van der Waals surface area contributed by atoms with Crippen molar-refractivity contribution in [2.75, 3.05) is 18.9 Å². The second kappa shape index (κ2) is 9.00. The molecule has 0 saturated heterocycles. The van der Waals surface area contributed by atoms with E-state index in [9.17, 15) is 0 Å². The molecule has 92 valence electrons. The lowest BCUT2D eigenvalue weighted by Crippen LogP contribution is -2.06. The van der Waals surface area contributed by atoms with Gasteiger partial charge in [0.1, 0.15) is 5.75 Å². The van der Waals surface area contributed by atoms with Crippen LogP contribution in [0.4, 0.5) is 5.69 Å². The van der Waals surface area contributed by atoms with E-state index in [0.29, 0.717) is 19.1 Å². The van der Waals surface area contributed by atoms with Crippen LogP contribution >= 0.6 is 0 Å². The van der Waals surface area contributed by atoms with Gasteiger partial charge < -0.3 is 21.3 Å². The van der Waals surface area contributed by atoms with E-state index in [1.807, 2.05) is 26.0 Å². The van der Waals surface area contributed by atoms with Gasteiger partial charge in [0, 0.05) is 18.7 Å². The number of aliphatic hydroxyl groups is 1. The van der Waals surface area contributed by atoms with Gasteiger partial charge in [0.05, 0.1) is 6.61 Å². The van der Waals surface area contributed by atoms with Crippen molar-refractivity contribution in [3.05, 3.63) is 24.3 Å². The standard InChI is InChI=1S/C9H13NO2.C3H9N/c10-8-2-4-9(5-3-8)12-7-1-6-11;1-3(2)4/h2-5,11H,1,6-7,10H2;3H,4H2,1-2H3. The Kier molecular flexibility index (Phi) is 8.29. The van der Waals surface area contributed by atoms with Gasteiger partial charge in [-0.05, 0) is 30.3 Å². The molecule has 4 nitrogen and oxygen atoms in total.